The molecule has 0 saturated carbocycles. The minimum absolute atomic E-state index is 0.0291. The third kappa shape index (κ3) is 5.70. The van der Waals surface area contributed by atoms with Crippen LogP contribution in [-0.2, 0) is 19.5 Å². The van der Waals surface area contributed by atoms with Crippen molar-refractivity contribution in [2.24, 2.45) is 5.92 Å². The van der Waals surface area contributed by atoms with Crippen molar-refractivity contribution in [3.63, 3.8) is 0 Å². The minimum Gasteiger partial charge on any atom is -0.290 e. The van der Waals surface area contributed by atoms with Crippen LogP contribution in [0.15, 0.2) is 47.4 Å². The molecule has 0 amide bonds. The summed E-state index contributed by atoms with van der Waals surface area (Å²) >= 11 is 6.75. The first-order chi connectivity index (χ1) is 17.0. The number of rotatable bonds is 11. The van der Waals surface area contributed by atoms with Crippen LogP contribution >= 0.6 is 11.6 Å². The van der Waals surface area contributed by atoms with E-state index in [0.29, 0.717) is 35.7 Å². The molecule has 0 spiro atoms. The molecule has 0 bridgehead atoms. The summed E-state index contributed by atoms with van der Waals surface area (Å²) in [5, 5.41) is 14.7. The van der Waals surface area contributed by atoms with E-state index in [0.717, 1.165) is 54.5 Å². The van der Waals surface area contributed by atoms with Crippen LogP contribution < -0.4 is 5.69 Å². The first-order valence-corrected chi connectivity index (χ1v) is 12.6. The van der Waals surface area contributed by atoms with Gasteiger partial charge in [-0.3, -0.25) is 14.1 Å². The average Bonchev–Trinajstić information content (AvgIpc) is 3.47. The van der Waals surface area contributed by atoms with Gasteiger partial charge in [-0.1, -0.05) is 75.5 Å². The number of unbranched alkanes of at least 4 members (excludes halogenated alkanes) is 2. The molecular formula is C26H32ClN7O. The maximum atomic E-state index is 13.3. The highest BCUT2D eigenvalue weighted by molar-refractivity contribution is 6.30. The van der Waals surface area contributed by atoms with Crippen LogP contribution in [0.5, 0.6) is 0 Å². The van der Waals surface area contributed by atoms with E-state index in [4.69, 9.17) is 11.6 Å². The molecule has 0 fully saturated rings. The van der Waals surface area contributed by atoms with Crippen molar-refractivity contribution >= 4 is 11.6 Å². The Morgan fingerprint density at radius 2 is 1.89 bits per heavy atom. The maximum Gasteiger partial charge on any atom is 0.329 e. The summed E-state index contributed by atoms with van der Waals surface area (Å²) in [5.74, 6) is 1.02. The van der Waals surface area contributed by atoms with Crippen molar-refractivity contribution in [3.05, 3.63) is 69.5 Å². The largest absolute Gasteiger partial charge is 0.329 e. The van der Waals surface area contributed by atoms with Gasteiger partial charge in [-0.15, -0.1) is 5.10 Å². The van der Waals surface area contributed by atoms with Crippen LogP contribution in [0.3, 0.4) is 0 Å². The Morgan fingerprint density at radius 1 is 1.09 bits per heavy atom. The maximum absolute atomic E-state index is 13.3. The molecule has 3 heterocycles. The van der Waals surface area contributed by atoms with E-state index >= 15 is 0 Å². The predicted octanol–water partition coefficient (Wildman–Crippen LogP) is 5.37. The second-order valence-electron chi connectivity index (χ2n) is 9.24. The van der Waals surface area contributed by atoms with E-state index in [1.807, 2.05) is 41.0 Å². The second-order valence-corrected chi connectivity index (χ2v) is 9.60. The quantitative estimate of drug-likeness (QED) is 0.283. The standard InChI is InChI=1S/C26H32ClN7O/c1-4-5-6-9-22-24(27)33(16-14-18(2)3)26(35)34(22)17-19-10-12-20(13-11-19)21-8-7-15-28-23(21)25-29-31-32-30-25/h7-8,10-13,15,18H,4-6,9,14,16-17H2,1-3H3,(H,29,30,31,32). The number of hydrogen-bond acceptors (Lipinski definition) is 5. The van der Waals surface area contributed by atoms with E-state index in [2.05, 4.69) is 46.4 Å². The SMILES string of the molecule is CCCCCc1c(Cl)n(CCC(C)C)c(=O)n1Cc1ccc(-c2cccnc2-c2nnn[nH]2)cc1. The van der Waals surface area contributed by atoms with Gasteiger partial charge >= 0.3 is 5.69 Å². The molecule has 0 atom stereocenters. The lowest BCUT2D eigenvalue weighted by Crippen LogP contribution is -2.26. The highest BCUT2D eigenvalue weighted by Crippen LogP contribution is 2.28. The van der Waals surface area contributed by atoms with Crippen LogP contribution in [0.2, 0.25) is 5.15 Å². The van der Waals surface area contributed by atoms with E-state index in [1.165, 1.54) is 0 Å². The van der Waals surface area contributed by atoms with Crippen LogP contribution in [0.4, 0.5) is 0 Å². The van der Waals surface area contributed by atoms with Gasteiger partial charge in [0.05, 0.1) is 12.2 Å². The first kappa shape index (κ1) is 24.9. The van der Waals surface area contributed by atoms with Crippen LogP contribution in [0, 0.1) is 5.92 Å². The Hall–Kier alpha value is -3.26. The summed E-state index contributed by atoms with van der Waals surface area (Å²) in [6.45, 7) is 7.62. The number of H-pyrrole nitrogens is 1. The number of benzene rings is 1. The number of aromatic nitrogens is 7. The molecule has 0 aliphatic heterocycles. The Balaban J connectivity index is 1.62. The number of nitrogens with zero attached hydrogens (tertiary/aromatic N) is 6. The molecule has 0 aliphatic rings. The number of aromatic amines is 1. The van der Waals surface area contributed by atoms with Gasteiger partial charge in [0.25, 0.3) is 0 Å². The Bertz CT molecular complexity index is 1290. The zero-order valence-electron chi connectivity index (χ0n) is 20.5. The fourth-order valence-corrected chi connectivity index (χ4v) is 4.55. The lowest BCUT2D eigenvalue weighted by molar-refractivity contribution is 0.503. The van der Waals surface area contributed by atoms with E-state index in [9.17, 15) is 4.79 Å². The molecule has 4 rings (SSSR count). The zero-order valence-corrected chi connectivity index (χ0v) is 21.3. The number of halogens is 1. The minimum atomic E-state index is -0.0291. The van der Waals surface area contributed by atoms with E-state index in [-0.39, 0.29) is 5.69 Å². The average molecular weight is 494 g/mol. The summed E-state index contributed by atoms with van der Waals surface area (Å²) in [4.78, 5) is 17.8. The number of nitrogens with one attached hydrogen (secondary N) is 1. The highest BCUT2D eigenvalue weighted by Gasteiger charge is 2.19. The molecule has 35 heavy (non-hydrogen) atoms. The molecule has 0 radical (unpaired) electrons. The summed E-state index contributed by atoms with van der Waals surface area (Å²) in [7, 11) is 0. The third-order valence-electron chi connectivity index (χ3n) is 6.19. The normalized spacial score (nSPS) is 11.5. The predicted molar refractivity (Wildman–Crippen MR) is 138 cm³/mol. The van der Waals surface area contributed by atoms with Gasteiger partial charge in [-0.25, -0.2) is 9.89 Å². The van der Waals surface area contributed by atoms with E-state index in [1.54, 1.807) is 10.8 Å². The molecule has 0 unspecified atom stereocenters. The summed E-state index contributed by atoms with van der Waals surface area (Å²) in [6.07, 6.45) is 6.70. The Kier molecular flexibility index (Phi) is 8.13. The van der Waals surface area contributed by atoms with Gasteiger partial charge in [0.15, 0.2) is 5.82 Å². The fraction of sp³-hybridized carbons (Fsp3) is 0.423. The number of hydrogen-bond donors (Lipinski definition) is 1. The van der Waals surface area contributed by atoms with Crippen molar-refractivity contribution in [2.75, 3.05) is 0 Å². The van der Waals surface area contributed by atoms with Crippen molar-refractivity contribution in [3.8, 4) is 22.6 Å². The molecule has 9 heteroatoms. The topological polar surface area (TPSA) is 94.3 Å². The smallest absolute Gasteiger partial charge is 0.290 e. The van der Waals surface area contributed by atoms with Crippen LogP contribution in [-0.4, -0.2) is 34.7 Å². The number of tetrazole rings is 1. The van der Waals surface area contributed by atoms with Crippen molar-refractivity contribution in [1.29, 1.82) is 0 Å². The first-order valence-electron chi connectivity index (χ1n) is 12.3. The van der Waals surface area contributed by atoms with Crippen LogP contribution in [0.25, 0.3) is 22.6 Å². The lowest BCUT2D eigenvalue weighted by atomic mass is 10.0. The van der Waals surface area contributed by atoms with Gasteiger partial charge in [-0.2, -0.15) is 0 Å². The van der Waals surface area contributed by atoms with Crippen LogP contribution in [0.1, 0.15) is 57.7 Å². The zero-order chi connectivity index (χ0) is 24.8. The molecule has 184 valence electrons. The summed E-state index contributed by atoms with van der Waals surface area (Å²) < 4.78 is 3.59. The molecule has 0 saturated heterocycles. The molecule has 3 aromatic heterocycles. The van der Waals surface area contributed by atoms with Gasteiger partial charge < -0.3 is 0 Å². The fourth-order valence-electron chi connectivity index (χ4n) is 4.20. The molecular weight excluding hydrogens is 462 g/mol. The molecule has 1 N–H and O–H groups in total. The number of imidazole rings is 1. The van der Waals surface area contributed by atoms with Crippen molar-refractivity contribution in [1.82, 2.24) is 34.7 Å². The summed E-state index contributed by atoms with van der Waals surface area (Å²) in [5.41, 5.74) is 4.56. The Labute approximate surface area is 210 Å². The van der Waals surface area contributed by atoms with E-state index < -0.39 is 0 Å². The highest BCUT2D eigenvalue weighted by atomic mass is 35.5. The third-order valence-corrected chi connectivity index (χ3v) is 6.62. The lowest BCUT2D eigenvalue weighted by Gasteiger charge is -2.10. The molecule has 4 aromatic rings. The van der Waals surface area contributed by atoms with Gasteiger partial charge in [0.1, 0.15) is 10.8 Å². The monoisotopic (exact) mass is 493 g/mol. The molecule has 0 aliphatic carbocycles. The number of pyridine rings is 1. The van der Waals surface area contributed by atoms with Gasteiger partial charge in [0.2, 0.25) is 0 Å². The summed E-state index contributed by atoms with van der Waals surface area (Å²) in [6, 6.07) is 12.1. The van der Waals surface area contributed by atoms with Crippen molar-refractivity contribution < 1.29 is 0 Å². The van der Waals surface area contributed by atoms with Gasteiger partial charge in [0, 0.05) is 18.3 Å². The molecule has 1 aromatic carbocycles. The second kappa shape index (κ2) is 11.4. The van der Waals surface area contributed by atoms with Crippen molar-refractivity contribution in [2.45, 2.75) is 66.0 Å². The van der Waals surface area contributed by atoms with Gasteiger partial charge in [-0.05, 0) is 52.8 Å². The Morgan fingerprint density at radius 3 is 2.57 bits per heavy atom. The molecule has 8 nitrogen and oxygen atoms in total.